The molecule has 2 heteroatoms. The van der Waals surface area contributed by atoms with E-state index in [0.717, 1.165) is 6.54 Å². The summed E-state index contributed by atoms with van der Waals surface area (Å²) in [6, 6.07) is 8.91. The third-order valence-electron chi connectivity index (χ3n) is 5.25. The van der Waals surface area contributed by atoms with Crippen LogP contribution in [0.5, 0.6) is 0 Å². The third-order valence-corrected chi connectivity index (χ3v) is 5.25. The largest absolute Gasteiger partial charge is 0.304 e. The van der Waals surface area contributed by atoms with Crippen molar-refractivity contribution < 1.29 is 0 Å². The highest BCUT2D eigenvalue weighted by Gasteiger charge is 2.26. The maximum absolute atomic E-state index is 2.63. The molecule has 114 valence electrons. The third kappa shape index (κ3) is 2.57. The van der Waals surface area contributed by atoms with Crippen molar-refractivity contribution in [3.8, 4) is 0 Å². The Morgan fingerprint density at radius 3 is 2.64 bits per heavy atom. The van der Waals surface area contributed by atoms with E-state index in [9.17, 15) is 0 Å². The van der Waals surface area contributed by atoms with Crippen LogP contribution in [-0.2, 0) is 0 Å². The molecule has 2 atom stereocenters. The Balaban J connectivity index is 1.72. The zero-order chi connectivity index (χ0) is 14.9. The SMILES string of the molecule is CN1CCN(CC2=c3ccccc3=CC3C=CC=CC23)CC1. The summed E-state index contributed by atoms with van der Waals surface area (Å²) in [5.74, 6) is 1.07. The first-order valence-electron chi connectivity index (χ1n) is 8.37. The lowest BCUT2D eigenvalue weighted by Gasteiger charge is -2.36. The number of benzene rings is 1. The van der Waals surface area contributed by atoms with Crippen molar-refractivity contribution in [2.24, 2.45) is 11.8 Å². The van der Waals surface area contributed by atoms with E-state index in [4.69, 9.17) is 0 Å². The van der Waals surface area contributed by atoms with Crippen LogP contribution in [0.3, 0.4) is 0 Å². The average Bonchev–Trinajstić information content (AvgIpc) is 2.56. The first-order valence-corrected chi connectivity index (χ1v) is 8.37. The maximum atomic E-state index is 2.63. The Labute approximate surface area is 132 Å². The summed E-state index contributed by atoms with van der Waals surface area (Å²) in [7, 11) is 2.22. The van der Waals surface area contributed by atoms with E-state index in [1.165, 1.54) is 36.6 Å². The Morgan fingerprint density at radius 1 is 1.00 bits per heavy atom. The van der Waals surface area contributed by atoms with Crippen molar-refractivity contribution >= 4 is 11.6 Å². The fraction of sp³-hybridized carbons (Fsp3) is 0.400. The van der Waals surface area contributed by atoms with Crippen molar-refractivity contribution in [1.29, 1.82) is 0 Å². The minimum absolute atomic E-state index is 0.530. The molecule has 0 amide bonds. The van der Waals surface area contributed by atoms with Gasteiger partial charge in [-0.05, 0) is 23.1 Å². The topological polar surface area (TPSA) is 6.48 Å². The van der Waals surface area contributed by atoms with Crippen LogP contribution in [0.25, 0.3) is 11.6 Å². The van der Waals surface area contributed by atoms with Gasteiger partial charge in [0.05, 0.1) is 0 Å². The van der Waals surface area contributed by atoms with Gasteiger partial charge in [-0.25, -0.2) is 0 Å². The van der Waals surface area contributed by atoms with Gasteiger partial charge in [0, 0.05) is 44.6 Å². The molecule has 1 fully saturated rings. The van der Waals surface area contributed by atoms with Crippen LogP contribution in [0.2, 0.25) is 0 Å². The molecule has 22 heavy (non-hydrogen) atoms. The molecule has 4 rings (SSSR count). The van der Waals surface area contributed by atoms with E-state index in [2.05, 4.69) is 71.5 Å². The Bertz CT molecular complexity index is 720. The van der Waals surface area contributed by atoms with E-state index in [1.54, 1.807) is 5.57 Å². The van der Waals surface area contributed by atoms with E-state index >= 15 is 0 Å². The lowest BCUT2D eigenvalue weighted by Crippen LogP contribution is -2.47. The molecule has 3 aliphatic rings. The quantitative estimate of drug-likeness (QED) is 0.809. The highest BCUT2D eigenvalue weighted by molar-refractivity contribution is 5.61. The number of likely N-dealkylation sites (N-methyl/N-ethyl adjacent to an activating group) is 1. The van der Waals surface area contributed by atoms with E-state index in [0.29, 0.717) is 11.8 Å². The van der Waals surface area contributed by atoms with Crippen molar-refractivity contribution in [2.45, 2.75) is 0 Å². The van der Waals surface area contributed by atoms with Gasteiger partial charge in [-0.2, -0.15) is 0 Å². The zero-order valence-electron chi connectivity index (χ0n) is 13.3. The molecule has 1 aliphatic heterocycles. The molecule has 2 unspecified atom stereocenters. The molecule has 0 spiro atoms. The van der Waals surface area contributed by atoms with Crippen molar-refractivity contribution in [1.82, 2.24) is 9.80 Å². The number of rotatable bonds is 2. The van der Waals surface area contributed by atoms with Gasteiger partial charge in [-0.3, -0.25) is 4.90 Å². The van der Waals surface area contributed by atoms with Gasteiger partial charge >= 0.3 is 0 Å². The standard InChI is InChI=1S/C20H24N2/c1-21-10-12-22(13-11-21)15-20-18-8-4-2-6-16(18)14-17-7-3-5-9-19(17)20/h2-9,14,16,18H,10-13,15H2,1H3. The van der Waals surface area contributed by atoms with Crippen LogP contribution < -0.4 is 10.4 Å². The molecule has 2 aliphatic carbocycles. The molecule has 0 radical (unpaired) electrons. The van der Waals surface area contributed by atoms with E-state index in [-0.39, 0.29) is 0 Å². The molecule has 1 aromatic carbocycles. The van der Waals surface area contributed by atoms with Crippen molar-refractivity contribution in [2.75, 3.05) is 39.8 Å². The van der Waals surface area contributed by atoms with Gasteiger partial charge in [0.25, 0.3) is 0 Å². The molecule has 2 nitrogen and oxygen atoms in total. The summed E-state index contributed by atoms with van der Waals surface area (Å²) in [4.78, 5) is 5.05. The molecule has 0 bridgehead atoms. The lowest BCUT2D eigenvalue weighted by molar-refractivity contribution is 0.166. The zero-order valence-corrected chi connectivity index (χ0v) is 13.3. The molecule has 1 aromatic rings. The van der Waals surface area contributed by atoms with Crippen LogP contribution in [0.1, 0.15) is 0 Å². The lowest BCUT2D eigenvalue weighted by atomic mass is 9.78. The molecule has 1 heterocycles. The first-order chi connectivity index (χ1) is 10.8. The highest BCUT2D eigenvalue weighted by atomic mass is 15.2. The smallest absolute Gasteiger partial charge is 0.0209 e. The molecule has 0 N–H and O–H groups in total. The van der Waals surface area contributed by atoms with Gasteiger partial charge in [0.2, 0.25) is 0 Å². The fourth-order valence-corrected chi connectivity index (χ4v) is 3.89. The fourth-order valence-electron chi connectivity index (χ4n) is 3.89. The number of hydrogen-bond donors (Lipinski definition) is 0. The number of piperazine rings is 1. The minimum atomic E-state index is 0.530. The number of hydrogen-bond acceptors (Lipinski definition) is 2. The summed E-state index contributed by atoms with van der Waals surface area (Å²) in [6.45, 7) is 5.85. The monoisotopic (exact) mass is 292 g/mol. The summed E-state index contributed by atoms with van der Waals surface area (Å²) >= 11 is 0. The van der Waals surface area contributed by atoms with E-state index in [1.807, 2.05) is 0 Å². The maximum Gasteiger partial charge on any atom is 0.0209 e. The highest BCUT2D eigenvalue weighted by Crippen LogP contribution is 2.30. The first kappa shape index (κ1) is 14.0. The average molecular weight is 292 g/mol. The van der Waals surface area contributed by atoms with Crippen molar-refractivity contribution in [3.63, 3.8) is 0 Å². The molecule has 0 aromatic heterocycles. The van der Waals surface area contributed by atoms with Crippen LogP contribution in [0.15, 0.2) is 48.6 Å². The minimum Gasteiger partial charge on any atom is -0.304 e. The van der Waals surface area contributed by atoms with E-state index < -0.39 is 0 Å². The summed E-state index contributed by atoms with van der Waals surface area (Å²) in [5.41, 5.74) is 1.60. The van der Waals surface area contributed by atoms with Crippen LogP contribution >= 0.6 is 0 Å². The van der Waals surface area contributed by atoms with Crippen LogP contribution in [0.4, 0.5) is 0 Å². The molecular formula is C20H24N2. The molecular weight excluding hydrogens is 268 g/mol. The normalized spacial score (nSPS) is 28.1. The van der Waals surface area contributed by atoms with Crippen LogP contribution in [-0.4, -0.2) is 49.6 Å². The van der Waals surface area contributed by atoms with Gasteiger partial charge < -0.3 is 4.90 Å². The Kier molecular flexibility index (Phi) is 3.73. The predicted octanol–water partition coefficient (Wildman–Crippen LogP) is 1.24. The summed E-state index contributed by atoms with van der Waals surface area (Å²) < 4.78 is 0. The second kappa shape index (κ2) is 5.86. The van der Waals surface area contributed by atoms with Gasteiger partial charge in [0.15, 0.2) is 0 Å². The predicted molar refractivity (Wildman–Crippen MR) is 92.8 cm³/mol. The number of fused-ring (bicyclic) bond motifs is 2. The summed E-state index contributed by atoms with van der Waals surface area (Å²) in [5, 5.41) is 2.87. The van der Waals surface area contributed by atoms with Gasteiger partial charge in [-0.15, -0.1) is 0 Å². The number of allylic oxidation sites excluding steroid dienone is 4. The second-order valence-corrected chi connectivity index (χ2v) is 6.73. The molecule has 1 saturated heterocycles. The number of nitrogens with zero attached hydrogens (tertiary/aromatic N) is 2. The van der Waals surface area contributed by atoms with Crippen LogP contribution in [0, 0.1) is 11.8 Å². The Hall–Kier alpha value is -1.64. The van der Waals surface area contributed by atoms with Crippen molar-refractivity contribution in [3.05, 3.63) is 59.0 Å². The second-order valence-electron chi connectivity index (χ2n) is 6.73. The Morgan fingerprint density at radius 2 is 1.77 bits per heavy atom. The van der Waals surface area contributed by atoms with Gasteiger partial charge in [0.1, 0.15) is 0 Å². The van der Waals surface area contributed by atoms with Gasteiger partial charge in [-0.1, -0.05) is 54.6 Å². The summed E-state index contributed by atoms with van der Waals surface area (Å²) in [6.07, 6.45) is 11.6. The molecule has 0 saturated carbocycles.